The van der Waals surface area contributed by atoms with Crippen LogP contribution in [0.3, 0.4) is 0 Å². The highest BCUT2D eigenvalue weighted by Gasteiger charge is 2.43. The second kappa shape index (κ2) is 6.49. The number of allylic oxidation sites excluding steroid dienone is 2. The highest BCUT2D eigenvalue weighted by Crippen LogP contribution is 2.55. The van der Waals surface area contributed by atoms with Gasteiger partial charge >= 0.3 is 0 Å². The molecule has 0 amide bonds. The van der Waals surface area contributed by atoms with Gasteiger partial charge in [0.25, 0.3) is 5.69 Å². The van der Waals surface area contributed by atoms with Gasteiger partial charge in [-0.25, -0.2) is 0 Å². The number of benzene rings is 2. The molecule has 1 N–H and O–H groups in total. The van der Waals surface area contributed by atoms with Gasteiger partial charge in [-0.05, 0) is 30.0 Å². The normalized spacial score (nSPS) is 23.1. The number of anilines is 1. The first-order valence-electron chi connectivity index (χ1n) is 8.25. The maximum atomic E-state index is 11.6. The molecule has 2 aliphatic rings. The van der Waals surface area contributed by atoms with Gasteiger partial charge in [0.15, 0.2) is 0 Å². The number of hydrogen-bond donors (Lipinski definition) is 1. The van der Waals surface area contributed by atoms with E-state index in [1.807, 2.05) is 18.2 Å². The average molecular weight is 391 g/mol. The van der Waals surface area contributed by atoms with Crippen LogP contribution in [0.4, 0.5) is 11.4 Å². The van der Waals surface area contributed by atoms with E-state index in [0.29, 0.717) is 27.0 Å². The third-order valence-corrected chi connectivity index (χ3v) is 6.03. The number of methoxy groups -OCH3 is 1. The Kier molecular flexibility index (Phi) is 4.29. The molecular weight excluding hydrogens is 375 g/mol. The lowest BCUT2D eigenvalue weighted by molar-refractivity contribution is -0.385. The van der Waals surface area contributed by atoms with Crippen LogP contribution in [0.15, 0.2) is 42.5 Å². The Balaban J connectivity index is 1.92. The van der Waals surface area contributed by atoms with Gasteiger partial charge in [0.2, 0.25) is 0 Å². The van der Waals surface area contributed by atoms with Crippen LogP contribution in [-0.2, 0) is 0 Å². The Morgan fingerprint density at radius 2 is 2.08 bits per heavy atom. The summed E-state index contributed by atoms with van der Waals surface area (Å²) < 4.78 is 5.47. The molecule has 1 aliphatic heterocycles. The zero-order valence-corrected chi connectivity index (χ0v) is 15.4. The molecule has 2 aromatic carbocycles. The number of hydrogen-bond acceptors (Lipinski definition) is 4. The van der Waals surface area contributed by atoms with Gasteiger partial charge in [0.05, 0.1) is 39.4 Å². The first kappa shape index (κ1) is 17.2. The topological polar surface area (TPSA) is 64.4 Å². The Morgan fingerprint density at radius 3 is 2.81 bits per heavy atom. The molecule has 26 heavy (non-hydrogen) atoms. The lowest BCUT2D eigenvalue weighted by Crippen LogP contribution is -2.30. The predicted octanol–water partition coefficient (Wildman–Crippen LogP) is 5.74. The predicted molar refractivity (Wildman–Crippen MR) is 102 cm³/mol. The van der Waals surface area contributed by atoms with E-state index in [9.17, 15) is 10.1 Å². The van der Waals surface area contributed by atoms with Crippen LogP contribution >= 0.6 is 23.2 Å². The molecule has 3 atom stereocenters. The van der Waals surface area contributed by atoms with Gasteiger partial charge in [0.1, 0.15) is 5.75 Å². The SMILES string of the molecule is COc1ccc([N+](=O)[O-])c2c1N[C@H](c1cccc(Cl)c1Cl)[C@@H]1CC=C[C@@H]21. The lowest BCUT2D eigenvalue weighted by atomic mass is 9.76. The van der Waals surface area contributed by atoms with E-state index >= 15 is 0 Å². The van der Waals surface area contributed by atoms with Gasteiger partial charge in [-0.3, -0.25) is 10.1 Å². The Morgan fingerprint density at radius 1 is 1.27 bits per heavy atom. The van der Waals surface area contributed by atoms with Crippen LogP contribution in [0.25, 0.3) is 0 Å². The van der Waals surface area contributed by atoms with Crippen molar-refractivity contribution < 1.29 is 9.66 Å². The number of nitrogens with one attached hydrogen (secondary N) is 1. The number of nitro benzene ring substituents is 1. The molecule has 5 nitrogen and oxygen atoms in total. The third kappa shape index (κ3) is 2.54. The number of rotatable bonds is 3. The summed E-state index contributed by atoms with van der Waals surface area (Å²) in [7, 11) is 1.56. The summed E-state index contributed by atoms with van der Waals surface area (Å²) in [5, 5.41) is 16.0. The molecule has 2 aromatic rings. The minimum absolute atomic E-state index is 0.0817. The molecule has 4 rings (SSSR count). The van der Waals surface area contributed by atoms with Crippen molar-refractivity contribution in [3.05, 3.63) is 73.8 Å². The molecule has 0 radical (unpaired) electrons. The van der Waals surface area contributed by atoms with E-state index in [2.05, 4.69) is 11.4 Å². The first-order chi connectivity index (χ1) is 12.5. The van der Waals surface area contributed by atoms with Crippen molar-refractivity contribution in [2.24, 2.45) is 5.92 Å². The van der Waals surface area contributed by atoms with Crippen molar-refractivity contribution in [2.45, 2.75) is 18.4 Å². The fourth-order valence-electron chi connectivity index (χ4n) is 4.06. The van der Waals surface area contributed by atoms with E-state index in [4.69, 9.17) is 27.9 Å². The second-order valence-electron chi connectivity index (χ2n) is 6.45. The van der Waals surface area contributed by atoms with Gasteiger partial charge in [0, 0.05) is 12.0 Å². The molecule has 0 fully saturated rings. The molecule has 0 saturated heterocycles. The Hall–Kier alpha value is -2.24. The van der Waals surface area contributed by atoms with Crippen LogP contribution in [0.2, 0.25) is 10.0 Å². The fourth-order valence-corrected chi connectivity index (χ4v) is 4.49. The average Bonchev–Trinajstić information content (AvgIpc) is 3.12. The van der Waals surface area contributed by atoms with Crippen LogP contribution in [0.5, 0.6) is 5.75 Å². The zero-order valence-electron chi connectivity index (χ0n) is 13.9. The summed E-state index contributed by atoms with van der Waals surface area (Å²) >= 11 is 12.7. The van der Waals surface area contributed by atoms with Crippen LogP contribution < -0.4 is 10.1 Å². The van der Waals surface area contributed by atoms with E-state index in [1.165, 1.54) is 6.07 Å². The zero-order chi connectivity index (χ0) is 18.4. The van der Waals surface area contributed by atoms with Crippen molar-refractivity contribution in [1.82, 2.24) is 0 Å². The molecule has 0 spiro atoms. The minimum Gasteiger partial charge on any atom is -0.495 e. The molecule has 7 heteroatoms. The maximum Gasteiger partial charge on any atom is 0.275 e. The summed E-state index contributed by atoms with van der Waals surface area (Å²) in [6, 6.07) is 8.57. The second-order valence-corrected chi connectivity index (χ2v) is 7.24. The summed E-state index contributed by atoms with van der Waals surface area (Å²) in [6.45, 7) is 0. The highest BCUT2D eigenvalue weighted by atomic mass is 35.5. The van der Waals surface area contributed by atoms with E-state index in [0.717, 1.165) is 12.0 Å². The molecule has 134 valence electrons. The Bertz CT molecular complexity index is 929. The number of nitrogens with zero attached hydrogens (tertiary/aromatic N) is 1. The molecule has 0 bridgehead atoms. The molecule has 0 unspecified atom stereocenters. The largest absolute Gasteiger partial charge is 0.495 e. The van der Waals surface area contributed by atoms with Gasteiger partial charge in [-0.1, -0.05) is 47.5 Å². The summed E-state index contributed by atoms with van der Waals surface area (Å²) in [5.41, 5.74) is 2.31. The summed E-state index contributed by atoms with van der Waals surface area (Å²) in [5.74, 6) is 0.610. The third-order valence-electron chi connectivity index (χ3n) is 5.19. The fraction of sp³-hybridized carbons (Fsp3) is 0.263. The highest BCUT2D eigenvalue weighted by molar-refractivity contribution is 6.42. The molecule has 0 aromatic heterocycles. The molecule has 1 heterocycles. The number of halogens is 2. The van der Waals surface area contributed by atoms with Crippen molar-refractivity contribution >= 4 is 34.6 Å². The standard InChI is InChI=1S/C19H16Cl2N2O3/c1-26-15-9-8-14(23(24)25)16-10-4-2-5-11(10)18(22-19(15)16)12-6-3-7-13(20)17(12)21/h2-4,6-11,18,22H,5H2,1H3/t10-,11-,18+/m1/s1. The van der Waals surface area contributed by atoms with Crippen molar-refractivity contribution in [3.8, 4) is 5.75 Å². The number of fused-ring (bicyclic) bond motifs is 3. The number of nitro groups is 1. The van der Waals surface area contributed by atoms with Crippen LogP contribution in [0, 0.1) is 16.0 Å². The summed E-state index contributed by atoms with van der Waals surface area (Å²) in [4.78, 5) is 11.2. The molecule has 1 aliphatic carbocycles. The van der Waals surface area contributed by atoms with Gasteiger partial charge < -0.3 is 10.1 Å². The smallest absolute Gasteiger partial charge is 0.275 e. The van der Waals surface area contributed by atoms with Gasteiger partial charge in [-0.2, -0.15) is 0 Å². The first-order valence-corrected chi connectivity index (χ1v) is 9.01. The van der Waals surface area contributed by atoms with E-state index in [-0.39, 0.29) is 28.5 Å². The van der Waals surface area contributed by atoms with E-state index < -0.39 is 0 Å². The molecular formula is C19H16Cl2N2O3. The quantitative estimate of drug-likeness (QED) is 0.412. The Labute approximate surface area is 160 Å². The van der Waals surface area contributed by atoms with Crippen LogP contribution in [-0.4, -0.2) is 12.0 Å². The van der Waals surface area contributed by atoms with Crippen molar-refractivity contribution in [3.63, 3.8) is 0 Å². The lowest BCUT2D eigenvalue weighted by Gasteiger charge is -2.38. The van der Waals surface area contributed by atoms with Crippen LogP contribution in [0.1, 0.15) is 29.5 Å². The van der Waals surface area contributed by atoms with E-state index in [1.54, 1.807) is 19.2 Å². The van der Waals surface area contributed by atoms with Gasteiger partial charge in [-0.15, -0.1) is 0 Å². The monoisotopic (exact) mass is 390 g/mol. The minimum atomic E-state index is -0.337. The summed E-state index contributed by atoms with van der Waals surface area (Å²) in [6.07, 6.45) is 4.92. The molecule has 0 saturated carbocycles. The van der Waals surface area contributed by atoms with Crippen molar-refractivity contribution in [1.29, 1.82) is 0 Å². The number of ether oxygens (including phenoxy) is 1. The van der Waals surface area contributed by atoms with Crippen molar-refractivity contribution in [2.75, 3.05) is 12.4 Å². The maximum absolute atomic E-state index is 11.6.